The summed E-state index contributed by atoms with van der Waals surface area (Å²) in [5.74, 6) is 0.567. The average Bonchev–Trinajstić information content (AvgIpc) is 2.38. The van der Waals surface area contributed by atoms with Gasteiger partial charge >= 0.3 is 0 Å². The van der Waals surface area contributed by atoms with E-state index in [4.69, 9.17) is 17.3 Å². The maximum absolute atomic E-state index is 12.3. The standard InChI is InChI=1S/C13H16BrClN2O.ClH/c14-10-1-2-11(12(15)7-10)13(18)17-5-3-9(8-16)4-6-17;/h1-2,7,9H,3-6,8,16H2;1H. The molecule has 0 radical (unpaired) electrons. The van der Waals surface area contributed by atoms with Gasteiger partial charge in [-0.15, -0.1) is 12.4 Å². The van der Waals surface area contributed by atoms with Crippen molar-refractivity contribution in [3.8, 4) is 0 Å². The maximum Gasteiger partial charge on any atom is 0.255 e. The second kappa shape index (κ2) is 7.48. The molecule has 0 spiro atoms. The summed E-state index contributed by atoms with van der Waals surface area (Å²) in [6.07, 6.45) is 1.97. The first-order chi connectivity index (χ1) is 8.61. The molecule has 2 rings (SSSR count). The van der Waals surface area contributed by atoms with Gasteiger partial charge in [-0.1, -0.05) is 27.5 Å². The second-order valence-electron chi connectivity index (χ2n) is 4.60. The second-order valence-corrected chi connectivity index (χ2v) is 5.92. The highest BCUT2D eigenvalue weighted by molar-refractivity contribution is 9.10. The van der Waals surface area contributed by atoms with Crippen LogP contribution in [0.2, 0.25) is 5.02 Å². The largest absolute Gasteiger partial charge is 0.339 e. The van der Waals surface area contributed by atoms with Crippen molar-refractivity contribution in [2.24, 2.45) is 11.7 Å². The molecule has 0 bridgehead atoms. The molecule has 1 aromatic rings. The van der Waals surface area contributed by atoms with Gasteiger partial charge < -0.3 is 10.6 Å². The summed E-state index contributed by atoms with van der Waals surface area (Å²) in [4.78, 5) is 14.2. The third-order valence-electron chi connectivity index (χ3n) is 3.40. The molecule has 0 saturated carbocycles. The van der Waals surface area contributed by atoms with Crippen LogP contribution in [0.15, 0.2) is 22.7 Å². The van der Waals surface area contributed by atoms with E-state index >= 15 is 0 Å². The molecule has 0 aromatic heterocycles. The topological polar surface area (TPSA) is 46.3 Å². The molecule has 106 valence electrons. The summed E-state index contributed by atoms with van der Waals surface area (Å²) in [6, 6.07) is 5.36. The lowest BCUT2D eigenvalue weighted by Gasteiger charge is -2.31. The van der Waals surface area contributed by atoms with Gasteiger partial charge in [0.2, 0.25) is 0 Å². The molecular formula is C13H17BrCl2N2O. The Hall–Kier alpha value is -0.290. The Morgan fingerprint density at radius 3 is 2.58 bits per heavy atom. The van der Waals surface area contributed by atoms with Crippen LogP contribution in [0.5, 0.6) is 0 Å². The lowest BCUT2D eigenvalue weighted by atomic mass is 9.96. The summed E-state index contributed by atoms with van der Waals surface area (Å²) in [5, 5.41) is 0.496. The number of benzene rings is 1. The number of amides is 1. The van der Waals surface area contributed by atoms with Crippen molar-refractivity contribution in [3.05, 3.63) is 33.3 Å². The highest BCUT2D eigenvalue weighted by atomic mass is 79.9. The van der Waals surface area contributed by atoms with Crippen LogP contribution in [-0.4, -0.2) is 30.4 Å². The van der Waals surface area contributed by atoms with Crippen molar-refractivity contribution in [1.29, 1.82) is 0 Å². The van der Waals surface area contributed by atoms with Crippen LogP contribution in [0.25, 0.3) is 0 Å². The number of nitrogens with zero attached hydrogens (tertiary/aromatic N) is 1. The Labute approximate surface area is 133 Å². The highest BCUT2D eigenvalue weighted by Crippen LogP contribution is 2.24. The fraction of sp³-hybridized carbons (Fsp3) is 0.462. The molecule has 1 fully saturated rings. The first-order valence-corrected chi connectivity index (χ1v) is 7.23. The number of piperidine rings is 1. The zero-order chi connectivity index (χ0) is 13.1. The summed E-state index contributed by atoms with van der Waals surface area (Å²) in [7, 11) is 0. The molecule has 1 heterocycles. The van der Waals surface area contributed by atoms with Gasteiger partial charge in [-0.2, -0.15) is 0 Å². The summed E-state index contributed by atoms with van der Waals surface area (Å²) in [6.45, 7) is 2.25. The van der Waals surface area contributed by atoms with E-state index in [9.17, 15) is 4.79 Å². The Morgan fingerprint density at radius 2 is 2.05 bits per heavy atom. The van der Waals surface area contributed by atoms with Gasteiger partial charge in [0.25, 0.3) is 5.91 Å². The number of nitrogens with two attached hydrogens (primary N) is 1. The predicted octanol–water partition coefficient (Wildman–Crippen LogP) is 3.34. The molecule has 1 amide bonds. The van der Waals surface area contributed by atoms with Crippen molar-refractivity contribution < 1.29 is 4.79 Å². The Kier molecular flexibility index (Phi) is 6.60. The molecular weight excluding hydrogens is 351 g/mol. The van der Waals surface area contributed by atoms with Gasteiger partial charge in [0.05, 0.1) is 10.6 Å². The number of halogens is 3. The van der Waals surface area contributed by atoms with Crippen molar-refractivity contribution in [2.45, 2.75) is 12.8 Å². The van der Waals surface area contributed by atoms with Gasteiger partial charge in [0.15, 0.2) is 0 Å². The van der Waals surface area contributed by atoms with Crippen molar-refractivity contribution in [3.63, 3.8) is 0 Å². The Bertz CT molecular complexity index is 448. The van der Waals surface area contributed by atoms with Gasteiger partial charge in [-0.3, -0.25) is 4.79 Å². The lowest BCUT2D eigenvalue weighted by Crippen LogP contribution is -2.40. The van der Waals surface area contributed by atoms with Gasteiger partial charge in [-0.05, 0) is 43.5 Å². The summed E-state index contributed by atoms with van der Waals surface area (Å²) >= 11 is 9.44. The molecule has 1 aliphatic heterocycles. The fourth-order valence-corrected chi connectivity index (χ4v) is 2.96. The fourth-order valence-electron chi connectivity index (χ4n) is 2.21. The van der Waals surface area contributed by atoms with Crippen molar-refractivity contribution in [1.82, 2.24) is 4.90 Å². The zero-order valence-electron chi connectivity index (χ0n) is 10.4. The summed E-state index contributed by atoms with van der Waals surface area (Å²) < 4.78 is 0.880. The smallest absolute Gasteiger partial charge is 0.255 e. The summed E-state index contributed by atoms with van der Waals surface area (Å²) in [5.41, 5.74) is 6.22. The van der Waals surface area contributed by atoms with Crippen LogP contribution < -0.4 is 5.73 Å². The van der Waals surface area contributed by atoms with Gasteiger partial charge in [-0.25, -0.2) is 0 Å². The van der Waals surface area contributed by atoms with E-state index in [1.54, 1.807) is 12.1 Å². The molecule has 0 unspecified atom stereocenters. The number of carbonyl (C=O) groups excluding carboxylic acids is 1. The van der Waals surface area contributed by atoms with Crippen LogP contribution >= 0.6 is 39.9 Å². The van der Waals surface area contributed by atoms with E-state index in [0.717, 1.165) is 30.4 Å². The third kappa shape index (κ3) is 4.09. The molecule has 1 saturated heterocycles. The highest BCUT2D eigenvalue weighted by Gasteiger charge is 2.24. The molecule has 3 nitrogen and oxygen atoms in total. The van der Waals surface area contributed by atoms with Gasteiger partial charge in [0.1, 0.15) is 0 Å². The lowest BCUT2D eigenvalue weighted by molar-refractivity contribution is 0.0693. The minimum atomic E-state index is 0. The molecule has 1 aromatic carbocycles. The van der Waals surface area contributed by atoms with Crippen LogP contribution in [0.3, 0.4) is 0 Å². The zero-order valence-corrected chi connectivity index (χ0v) is 13.6. The minimum Gasteiger partial charge on any atom is -0.339 e. The SMILES string of the molecule is Cl.NCC1CCN(C(=O)c2ccc(Br)cc2Cl)CC1. The number of carbonyl (C=O) groups is 1. The normalized spacial score (nSPS) is 16.1. The van der Waals surface area contributed by atoms with E-state index in [-0.39, 0.29) is 18.3 Å². The molecule has 0 aliphatic carbocycles. The monoisotopic (exact) mass is 366 g/mol. The Morgan fingerprint density at radius 1 is 1.42 bits per heavy atom. The van der Waals surface area contributed by atoms with Gasteiger partial charge in [0, 0.05) is 17.6 Å². The first-order valence-electron chi connectivity index (χ1n) is 6.06. The first kappa shape index (κ1) is 16.8. The maximum atomic E-state index is 12.3. The quantitative estimate of drug-likeness (QED) is 0.871. The molecule has 0 atom stereocenters. The van der Waals surface area contributed by atoms with Crippen molar-refractivity contribution in [2.75, 3.05) is 19.6 Å². The predicted molar refractivity (Wildman–Crippen MR) is 84.1 cm³/mol. The van der Waals surface area contributed by atoms with Crippen LogP contribution in [0.4, 0.5) is 0 Å². The van der Waals surface area contributed by atoms with Crippen LogP contribution in [0, 0.1) is 5.92 Å². The third-order valence-corrected chi connectivity index (χ3v) is 4.20. The van der Waals surface area contributed by atoms with E-state index in [1.165, 1.54) is 0 Å². The van der Waals surface area contributed by atoms with Crippen molar-refractivity contribution >= 4 is 45.8 Å². The molecule has 6 heteroatoms. The number of rotatable bonds is 2. The number of hydrogen-bond acceptors (Lipinski definition) is 2. The van der Waals surface area contributed by atoms with E-state index in [1.807, 2.05) is 11.0 Å². The molecule has 19 heavy (non-hydrogen) atoms. The Balaban J connectivity index is 0.00000180. The van der Waals surface area contributed by atoms with Crippen LogP contribution in [-0.2, 0) is 0 Å². The van der Waals surface area contributed by atoms with E-state index < -0.39 is 0 Å². The minimum absolute atomic E-state index is 0. The molecule has 2 N–H and O–H groups in total. The molecule has 1 aliphatic rings. The van der Waals surface area contributed by atoms with E-state index in [0.29, 0.717) is 23.0 Å². The van der Waals surface area contributed by atoms with E-state index in [2.05, 4.69) is 15.9 Å². The van der Waals surface area contributed by atoms with Crippen LogP contribution in [0.1, 0.15) is 23.2 Å². The average molecular weight is 368 g/mol. The number of hydrogen-bond donors (Lipinski definition) is 1. The number of likely N-dealkylation sites (tertiary alicyclic amines) is 1.